The zero-order valence-corrected chi connectivity index (χ0v) is 5.71. The molecular weight excluding hydrogens is 112 g/mol. The summed E-state index contributed by atoms with van der Waals surface area (Å²) in [5, 5.41) is 0. The summed E-state index contributed by atoms with van der Waals surface area (Å²) in [6, 6.07) is 0. The molecule has 0 aromatic carbocycles. The van der Waals surface area contributed by atoms with E-state index in [2.05, 4.69) is 16.3 Å². The smallest absolute Gasteiger partial charge is 0.0391 e. The van der Waals surface area contributed by atoms with Crippen molar-refractivity contribution in [1.82, 2.24) is 9.80 Å². The molecule has 2 heteroatoms. The molecule has 1 radical (unpaired) electrons. The number of rotatable bonds is 3. The second-order valence-corrected chi connectivity index (χ2v) is 2.87. The first-order valence-corrected chi connectivity index (χ1v) is 3.75. The minimum absolute atomic E-state index is 1.19. The molecule has 0 N–H and O–H groups in total. The van der Waals surface area contributed by atoms with Gasteiger partial charge in [-0.3, -0.25) is 9.80 Å². The minimum Gasteiger partial charge on any atom is -0.299 e. The van der Waals surface area contributed by atoms with Crippen molar-refractivity contribution in [3.05, 3.63) is 6.54 Å². The Bertz CT molecular complexity index is 95.1. The van der Waals surface area contributed by atoms with Gasteiger partial charge in [-0.1, -0.05) is 0 Å². The van der Waals surface area contributed by atoms with Gasteiger partial charge in [-0.15, -0.1) is 0 Å². The zero-order valence-electron chi connectivity index (χ0n) is 5.71. The first-order valence-electron chi connectivity index (χ1n) is 3.75. The molecule has 0 saturated carbocycles. The van der Waals surface area contributed by atoms with Crippen LogP contribution in [0.3, 0.4) is 0 Å². The van der Waals surface area contributed by atoms with Crippen molar-refractivity contribution >= 4 is 0 Å². The summed E-state index contributed by atoms with van der Waals surface area (Å²) >= 11 is 0. The van der Waals surface area contributed by atoms with E-state index in [-0.39, 0.29) is 0 Å². The molecule has 0 unspecified atom stereocenters. The Hall–Kier alpha value is -0.0800. The predicted octanol–water partition coefficient (Wildman–Crippen LogP) is 0.169. The number of likely N-dealkylation sites (tertiary alicyclic amines) is 1. The first-order chi connectivity index (χ1) is 4.45. The van der Waals surface area contributed by atoms with E-state index in [9.17, 15) is 0 Å². The van der Waals surface area contributed by atoms with E-state index in [0.29, 0.717) is 0 Å². The fourth-order valence-electron chi connectivity index (χ4n) is 1.01. The third-order valence-electron chi connectivity index (χ3n) is 2.03. The van der Waals surface area contributed by atoms with E-state index in [4.69, 9.17) is 0 Å². The van der Waals surface area contributed by atoms with Crippen molar-refractivity contribution in [1.29, 1.82) is 0 Å². The zero-order chi connectivity index (χ0) is 6.10. The number of nitrogens with zero attached hydrogens (tertiary/aromatic N) is 2. The van der Waals surface area contributed by atoms with Gasteiger partial charge in [-0.25, -0.2) is 0 Å². The van der Waals surface area contributed by atoms with Gasteiger partial charge in [-0.05, 0) is 19.5 Å². The summed E-state index contributed by atoms with van der Waals surface area (Å²) < 4.78 is 0. The Labute approximate surface area is 56.4 Å². The normalized spacial score (nSPS) is 28.0. The van der Waals surface area contributed by atoms with Crippen LogP contribution in [-0.4, -0.2) is 42.5 Å². The van der Waals surface area contributed by atoms with E-state index < -0.39 is 0 Å². The Morgan fingerprint density at radius 3 is 2.33 bits per heavy atom. The summed E-state index contributed by atoms with van der Waals surface area (Å²) in [6.07, 6.45) is 1.40. The minimum atomic E-state index is 1.19. The van der Waals surface area contributed by atoms with Gasteiger partial charge < -0.3 is 0 Å². The van der Waals surface area contributed by atoms with Gasteiger partial charge in [0.15, 0.2) is 0 Å². The maximum atomic E-state index is 2.43. The molecule has 2 rings (SSSR count). The molecule has 0 spiro atoms. The maximum absolute atomic E-state index is 2.43. The van der Waals surface area contributed by atoms with Crippen LogP contribution in [0.2, 0.25) is 0 Å². The van der Waals surface area contributed by atoms with Crippen LogP contribution in [-0.2, 0) is 0 Å². The van der Waals surface area contributed by atoms with Crippen LogP contribution in [0, 0.1) is 6.54 Å². The third-order valence-corrected chi connectivity index (χ3v) is 2.03. The monoisotopic (exact) mass is 125 g/mol. The molecule has 2 saturated heterocycles. The van der Waals surface area contributed by atoms with Crippen LogP contribution < -0.4 is 0 Å². The Morgan fingerprint density at radius 2 is 1.89 bits per heavy atom. The van der Waals surface area contributed by atoms with Crippen LogP contribution in [0.15, 0.2) is 0 Å². The van der Waals surface area contributed by atoms with E-state index in [1.807, 2.05) is 0 Å². The lowest BCUT2D eigenvalue weighted by Gasteiger charge is -2.30. The highest BCUT2D eigenvalue weighted by Crippen LogP contribution is 2.11. The lowest BCUT2D eigenvalue weighted by molar-refractivity contribution is 0.218. The van der Waals surface area contributed by atoms with Crippen LogP contribution in [0.1, 0.15) is 6.42 Å². The standard InChI is InChI=1S/C7H13N2/c1-2-8(3-1)4-5-9-6-7-9/h4H,1-3,5-7H2. The summed E-state index contributed by atoms with van der Waals surface area (Å²) in [6.45, 7) is 8.77. The van der Waals surface area contributed by atoms with E-state index in [0.717, 1.165) is 0 Å². The summed E-state index contributed by atoms with van der Waals surface area (Å²) in [4.78, 5) is 4.83. The first kappa shape index (κ1) is 5.69. The summed E-state index contributed by atoms with van der Waals surface area (Å²) in [5.41, 5.74) is 0. The van der Waals surface area contributed by atoms with Gasteiger partial charge in [0.1, 0.15) is 0 Å². The molecule has 9 heavy (non-hydrogen) atoms. The molecule has 2 aliphatic heterocycles. The largest absolute Gasteiger partial charge is 0.299 e. The third kappa shape index (κ3) is 1.43. The van der Waals surface area contributed by atoms with E-state index in [1.54, 1.807) is 0 Å². The molecule has 0 aromatic heterocycles. The molecule has 0 atom stereocenters. The number of hydrogen-bond acceptors (Lipinski definition) is 2. The molecule has 0 aliphatic carbocycles. The molecule has 2 aliphatic rings. The van der Waals surface area contributed by atoms with Crippen molar-refractivity contribution < 1.29 is 0 Å². The lowest BCUT2D eigenvalue weighted by Crippen LogP contribution is -2.36. The van der Waals surface area contributed by atoms with Crippen LogP contribution in [0.25, 0.3) is 0 Å². The fourth-order valence-corrected chi connectivity index (χ4v) is 1.01. The number of hydrogen-bond donors (Lipinski definition) is 0. The Morgan fingerprint density at radius 1 is 1.11 bits per heavy atom. The second-order valence-electron chi connectivity index (χ2n) is 2.87. The van der Waals surface area contributed by atoms with E-state index in [1.165, 1.54) is 39.1 Å². The van der Waals surface area contributed by atoms with Crippen molar-refractivity contribution in [3.63, 3.8) is 0 Å². The van der Waals surface area contributed by atoms with Gasteiger partial charge >= 0.3 is 0 Å². The van der Waals surface area contributed by atoms with Crippen LogP contribution in [0.4, 0.5) is 0 Å². The lowest BCUT2D eigenvalue weighted by atomic mass is 10.2. The molecule has 2 nitrogen and oxygen atoms in total. The SMILES string of the molecule is [CH](CN1CC1)N1CCC1. The van der Waals surface area contributed by atoms with Crippen LogP contribution >= 0.6 is 0 Å². The van der Waals surface area contributed by atoms with Crippen molar-refractivity contribution in [2.24, 2.45) is 0 Å². The summed E-state index contributed by atoms with van der Waals surface area (Å²) in [5.74, 6) is 0. The van der Waals surface area contributed by atoms with Gasteiger partial charge in [0.2, 0.25) is 0 Å². The highest BCUT2D eigenvalue weighted by molar-refractivity contribution is 4.83. The highest BCUT2D eigenvalue weighted by atomic mass is 15.3. The van der Waals surface area contributed by atoms with Gasteiger partial charge in [0.25, 0.3) is 0 Å². The molecule has 0 bridgehead atoms. The highest BCUT2D eigenvalue weighted by Gasteiger charge is 2.20. The molecule has 0 amide bonds. The van der Waals surface area contributed by atoms with Crippen molar-refractivity contribution in [2.45, 2.75) is 6.42 Å². The van der Waals surface area contributed by atoms with Gasteiger partial charge in [0.05, 0.1) is 0 Å². The van der Waals surface area contributed by atoms with Crippen molar-refractivity contribution in [3.8, 4) is 0 Å². The Balaban J connectivity index is 1.55. The van der Waals surface area contributed by atoms with Gasteiger partial charge in [-0.2, -0.15) is 0 Å². The van der Waals surface area contributed by atoms with E-state index >= 15 is 0 Å². The maximum Gasteiger partial charge on any atom is 0.0391 e. The van der Waals surface area contributed by atoms with Crippen LogP contribution in [0.5, 0.6) is 0 Å². The average molecular weight is 125 g/mol. The summed E-state index contributed by atoms with van der Waals surface area (Å²) in [7, 11) is 0. The topological polar surface area (TPSA) is 6.25 Å². The molecule has 0 aromatic rings. The average Bonchev–Trinajstić information content (AvgIpc) is 2.44. The molecular formula is C7H13N2. The van der Waals surface area contributed by atoms with Crippen molar-refractivity contribution in [2.75, 3.05) is 32.7 Å². The predicted molar refractivity (Wildman–Crippen MR) is 36.9 cm³/mol. The molecule has 2 heterocycles. The quantitative estimate of drug-likeness (QED) is 0.496. The Kier molecular flexibility index (Phi) is 1.44. The molecule has 2 fully saturated rings. The molecule has 51 valence electrons. The van der Waals surface area contributed by atoms with Gasteiger partial charge in [0, 0.05) is 26.2 Å². The second kappa shape index (κ2) is 2.27. The fraction of sp³-hybridized carbons (Fsp3) is 0.857.